The lowest BCUT2D eigenvalue weighted by molar-refractivity contribution is -0.0242. The van der Waals surface area contributed by atoms with E-state index in [1.807, 2.05) is 11.0 Å². The summed E-state index contributed by atoms with van der Waals surface area (Å²) < 4.78 is 11.4. The average Bonchev–Trinajstić information content (AvgIpc) is 3.32. The Balaban J connectivity index is 1.37. The second-order valence-electron chi connectivity index (χ2n) is 8.21. The van der Waals surface area contributed by atoms with Gasteiger partial charge in [-0.2, -0.15) is 5.10 Å². The van der Waals surface area contributed by atoms with E-state index < -0.39 is 0 Å². The first-order chi connectivity index (χ1) is 14.3. The van der Waals surface area contributed by atoms with E-state index in [4.69, 9.17) is 9.47 Å². The number of likely N-dealkylation sites (tertiary alicyclic amines) is 1. The Morgan fingerprint density at radius 1 is 1.14 bits per heavy atom. The van der Waals surface area contributed by atoms with Gasteiger partial charge in [0.15, 0.2) is 0 Å². The number of piperidine rings is 1. The molecule has 2 aromatic rings. The molecule has 6 nitrogen and oxygen atoms in total. The number of benzene rings is 1. The van der Waals surface area contributed by atoms with Gasteiger partial charge in [-0.05, 0) is 56.1 Å². The number of nitrogens with one attached hydrogen (secondary N) is 1. The number of ether oxygens (including phenoxy) is 2. The predicted molar refractivity (Wildman–Crippen MR) is 111 cm³/mol. The van der Waals surface area contributed by atoms with Crippen LogP contribution in [0.5, 0.6) is 0 Å². The van der Waals surface area contributed by atoms with Gasteiger partial charge in [-0.3, -0.25) is 5.10 Å². The molecule has 1 aliphatic heterocycles. The quantitative estimate of drug-likeness (QED) is 0.808. The number of rotatable bonds is 5. The fourth-order valence-electron chi connectivity index (χ4n) is 4.97. The highest BCUT2D eigenvalue weighted by atomic mass is 16.5. The number of hydrogen-bond acceptors (Lipinski definition) is 4. The van der Waals surface area contributed by atoms with Crippen LogP contribution in [-0.2, 0) is 9.47 Å². The molecule has 1 N–H and O–H groups in total. The number of H-pyrrole nitrogens is 1. The summed E-state index contributed by atoms with van der Waals surface area (Å²) in [6.07, 6.45) is 8.19. The molecule has 2 atom stereocenters. The Morgan fingerprint density at radius 2 is 1.93 bits per heavy atom. The highest BCUT2D eigenvalue weighted by Gasteiger charge is 2.37. The first kappa shape index (κ1) is 20.0. The summed E-state index contributed by atoms with van der Waals surface area (Å²) in [5, 5.41) is 7.20. The molecule has 2 aliphatic rings. The zero-order valence-electron chi connectivity index (χ0n) is 17.1. The SMILES string of the molecule is COC(=O)N1CCCC(c2ccn[nH]2)[C@@H]1COC1CCC(c2ccccc2)CC1. The highest BCUT2D eigenvalue weighted by molar-refractivity contribution is 5.68. The van der Waals surface area contributed by atoms with Gasteiger partial charge >= 0.3 is 6.09 Å². The van der Waals surface area contributed by atoms with E-state index >= 15 is 0 Å². The van der Waals surface area contributed by atoms with Gasteiger partial charge in [0, 0.05) is 24.4 Å². The number of carbonyl (C=O) groups is 1. The summed E-state index contributed by atoms with van der Waals surface area (Å²) in [5.41, 5.74) is 2.51. The van der Waals surface area contributed by atoms with Gasteiger partial charge in [0.25, 0.3) is 0 Å². The smallest absolute Gasteiger partial charge is 0.409 e. The number of aromatic nitrogens is 2. The second-order valence-corrected chi connectivity index (χ2v) is 8.21. The minimum atomic E-state index is -0.268. The van der Waals surface area contributed by atoms with Crippen LogP contribution >= 0.6 is 0 Å². The van der Waals surface area contributed by atoms with Gasteiger partial charge in [-0.15, -0.1) is 0 Å². The first-order valence-corrected chi connectivity index (χ1v) is 10.8. The molecule has 2 fully saturated rings. The van der Waals surface area contributed by atoms with Crippen molar-refractivity contribution in [3.05, 3.63) is 53.9 Å². The lowest BCUT2D eigenvalue weighted by Gasteiger charge is -2.41. The van der Waals surface area contributed by atoms with Crippen LogP contribution in [0.3, 0.4) is 0 Å². The summed E-state index contributed by atoms with van der Waals surface area (Å²) in [6, 6.07) is 12.8. The molecule has 1 aromatic carbocycles. The van der Waals surface area contributed by atoms with E-state index in [1.54, 1.807) is 6.20 Å². The summed E-state index contributed by atoms with van der Waals surface area (Å²) in [4.78, 5) is 14.2. The van der Waals surface area contributed by atoms with Gasteiger partial charge in [-0.1, -0.05) is 30.3 Å². The highest BCUT2D eigenvalue weighted by Crippen LogP contribution is 2.36. The Bertz CT molecular complexity index is 757. The molecule has 156 valence electrons. The monoisotopic (exact) mass is 397 g/mol. The van der Waals surface area contributed by atoms with Crippen LogP contribution in [0.2, 0.25) is 0 Å². The number of carbonyl (C=O) groups excluding carboxylic acids is 1. The van der Waals surface area contributed by atoms with Crippen molar-refractivity contribution in [1.29, 1.82) is 0 Å². The molecule has 0 spiro atoms. The summed E-state index contributed by atoms with van der Waals surface area (Å²) in [7, 11) is 1.45. The Labute approximate surface area is 172 Å². The van der Waals surface area contributed by atoms with Crippen molar-refractivity contribution in [3.63, 3.8) is 0 Å². The second kappa shape index (κ2) is 9.44. The standard InChI is InChI=1S/C23H31N3O3/c1-28-23(27)26-15-5-8-20(21-13-14-24-25-21)22(26)16-29-19-11-9-18(10-12-19)17-6-3-2-4-7-17/h2-4,6-7,13-14,18-20,22H,5,8-12,15-16H2,1H3,(H,24,25)/t18?,19?,20?,22-/m0/s1. The largest absolute Gasteiger partial charge is 0.453 e. The Kier molecular flexibility index (Phi) is 6.49. The van der Waals surface area contributed by atoms with Crippen LogP contribution in [0.1, 0.15) is 61.6 Å². The maximum absolute atomic E-state index is 12.4. The third kappa shape index (κ3) is 4.64. The number of methoxy groups -OCH3 is 1. The van der Waals surface area contributed by atoms with Gasteiger partial charge in [0.05, 0.1) is 25.9 Å². The van der Waals surface area contributed by atoms with Crippen molar-refractivity contribution >= 4 is 6.09 Å². The van der Waals surface area contributed by atoms with Crippen molar-refractivity contribution in [3.8, 4) is 0 Å². The van der Waals surface area contributed by atoms with E-state index in [2.05, 4.69) is 40.5 Å². The summed E-state index contributed by atoms with van der Waals surface area (Å²) >= 11 is 0. The zero-order chi connectivity index (χ0) is 20.1. The van der Waals surface area contributed by atoms with Crippen molar-refractivity contribution in [1.82, 2.24) is 15.1 Å². The third-order valence-electron chi connectivity index (χ3n) is 6.56. The molecular weight excluding hydrogens is 366 g/mol. The van der Waals surface area contributed by atoms with Crippen molar-refractivity contribution in [2.75, 3.05) is 20.3 Å². The number of hydrogen-bond donors (Lipinski definition) is 1. The molecule has 1 saturated carbocycles. The fourth-order valence-corrected chi connectivity index (χ4v) is 4.97. The number of aromatic amines is 1. The van der Waals surface area contributed by atoms with Crippen LogP contribution in [0, 0.1) is 0 Å². The zero-order valence-corrected chi connectivity index (χ0v) is 17.1. The van der Waals surface area contributed by atoms with Crippen molar-refractivity contribution in [2.45, 2.75) is 62.5 Å². The lowest BCUT2D eigenvalue weighted by atomic mass is 9.82. The van der Waals surface area contributed by atoms with Gasteiger partial charge in [0.1, 0.15) is 0 Å². The van der Waals surface area contributed by atoms with Gasteiger partial charge in [-0.25, -0.2) is 4.79 Å². The molecule has 2 heterocycles. The van der Waals surface area contributed by atoms with Crippen LogP contribution in [0.15, 0.2) is 42.6 Å². The predicted octanol–water partition coefficient (Wildman–Crippen LogP) is 4.47. The molecule has 1 aliphatic carbocycles. The normalized spacial score (nSPS) is 27.6. The van der Waals surface area contributed by atoms with Crippen LogP contribution in [-0.4, -0.2) is 53.6 Å². The summed E-state index contributed by atoms with van der Waals surface area (Å²) in [5.74, 6) is 0.834. The molecule has 1 amide bonds. The van der Waals surface area contributed by atoms with Crippen LogP contribution < -0.4 is 0 Å². The van der Waals surface area contributed by atoms with Gasteiger partial charge in [0.2, 0.25) is 0 Å². The maximum atomic E-state index is 12.4. The van der Waals surface area contributed by atoms with E-state index in [9.17, 15) is 4.79 Å². The topological polar surface area (TPSA) is 67.5 Å². The van der Waals surface area contributed by atoms with E-state index in [-0.39, 0.29) is 24.2 Å². The minimum Gasteiger partial charge on any atom is -0.453 e. The van der Waals surface area contributed by atoms with Gasteiger partial charge < -0.3 is 14.4 Å². The van der Waals surface area contributed by atoms with Crippen molar-refractivity contribution in [2.24, 2.45) is 0 Å². The summed E-state index contributed by atoms with van der Waals surface area (Å²) in [6.45, 7) is 1.26. The molecule has 1 saturated heterocycles. The number of amides is 1. The first-order valence-electron chi connectivity index (χ1n) is 10.8. The van der Waals surface area contributed by atoms with E-state index in [1.165, 1.54) is 12.7 Å². The minimum absolute atomic E-state index is 0.0245. The fraction of sp³-hybridized carbons (Fsp3) is 0.565. The molecule has 0 bridgehead atoms. The maximum Gasteiger partial charge on any atom is 0.409 e. The molecule has 4 rings (SSSR count). The number of nitrogens with zero attached hydrogens (tertiary/aromatic N) is 2. The molecule has 1 aromatic heterocycles. The molecule has 1 unspecified atom stereocenters. The lowest BCUT2D eigenvalue weighted by Crippen LogP contribution is -2.50. The molecule has 0 radical (unpaired) electrons. The molecule has 6 heteroatoms. The average molecular weight is 398 g/mol. The molecular formula is C23H31N3O3. The van der Waals surface area contributed by atoms with Crippen LogP contribution in [0.25, 0.3) is 0 Å². The molecule has 29 heavy (non-hydrogen) atoms. The Morgan fingerprint density at radius 3 is 2.62 bits per heavy atom. The third-order valence-corrected chi connectivity index (χ3v) is 6.56. The Hall–Kier alpha value is -2.34. The van der Waals surface area contributed by atoms with Crippen LogP contribution in [0.4, 0.5) is 4.79 Å². The van der Waals surface area contributed by atoms with E-state index in [0.717, 1.165) is 44.2 Å². The van der Waals surface area contributed by atoms with Crippen molar-refractivity contribution < 1.29 is 14.3 Å². The van der Waals surface area contributed by atoms with E-state index in [0.29, 0.717) is 19.1 Å².